The summed E-state index contributed by atoms with van der Waals surface area (Å²) in [7, 11) is 0. The number of nitrogens with zero attached hydrogens (tertiary/aromatic N) is 2. The van der Waals surface area contributed by atoms with Gasteiger partial charge in [0.1, 0.15) is 11.4 Å². The van der Waals surface area contributed by atoms with Crippen LogP contribution in [0, 0.1) is 12.7 Å². The summed E-state index contributed by atoms with van der Waals surface area (Å²) >= 11 is 0. The van der Waals surface area contributed by atoms with Gasteiger partial charge in [0.2, 0.25) is 0 Å². The van der Waals surface area contributed by atoms with Crippen LogP contribution in [-0.2, 0) is 28.3 Å². The van der Waals surface area contributed by atoms with Crippen molar-refractivity contribution in [1.82, 2.24) is 10.0 Å². The quantitative estimate of drug-likeness (QED) is 0.253. The van der Waals surface area contributed by atoms with Gasteiger partial charge in [-0.2, -0.15) is 31.5 Å². The van der Waals surface area contributed by atoms with E-state index in [0.717, 1.165) is 30.5 Å². The number of carbonyl (C=O) groups excluding carboxylic acids is 2. The van der Waals surface area contributed by atoms with Crippen LogP contribution in [0.3, 0.4) is 0 Å². The predicted octanol–water partition coefficient (Wildman–Crippen LogP) is 8.64. The number of rotatable bonds is 4. The van der Waals surface area contributed by atoms with Crippen LogP contribution in [0.15, 0.2) is 36.4 Å². The molecule has 2 aromatic rings. The zero-order valence-corrected chi connectivity index (χ0v) is 24.8. The third-order valence-electron chi connectivity index (χ3n) is 6.44. The van der Waals surface area contributed by atoms with Crippen LogP contribution in [0.4, 0.5) is 40.0 Å². The fourth-order valence-electron chi connectivity index (χ4n) is 4.48. The average molecular weight is 625 g/mol. The predicted molar refractivity (Wildman–Crippen MR) is 144 cm³/mol. The van der Waals surface area contributed by atoms with Crippen LogP contribution in [0.1, 0.15) is 81.2 Å². The highest BCUT2D eigenvalue weighted by Gasteiger charge is 2.37. The lowest BCUT2D eigenvalue weighted by Gasteiger charge is -2.34. The number of aryl methyl sites for hydroxylation is 1. The second-order valence-corrected chi connectivity index (χ2v) is 11.7. The van der Waals surface area contributed by atoms with E-state index in [1.165, 1.54) is 19.9 Å². The van der Waals surface area contributed by atoms with Gasteiger partial charge in [-0.1, -0.05) is 10.5 Å². The molecule has 1 aliphatic rings. The van der Waals surface area contributed by atoms with E-state index in [1.54, 1.807) is 11.0 Å². The molecule has 5 nitrogen and oxygen atoms in total. The van der Waals surface area contributed by atoms with E-state index in [9.17, 15) is 44.8 Å². The van der Waals surface area contributed by atoms with Crippen LogP contribution in [0.2, 0.25) is 0 Å². The van der Waals surface area contributed by atoms with E-state index in [1.807, 2.05) is 33.8 Å². The van der Waals surface area contributed by atoms with Gasteiger partial charge in [-0.3, -0.25) is 4.79 Å². The highest BCUT2D eigenvalue weighted by atomic mass is 19.4. The Hall–Kier alpha value is -3.38. The molecule has 0 spiro atoms. The van der Waals surface area contributed by atoms with E-state index in [0.29, 0.717) is 18.7 Å². The van der Waals surface area contributed by atoms with Crippen LogP contribution in [-0.4, -0.2) is 46.8 Å². The van der Waals surface area contributed by atoms with Gasteiger partial charge in [-0.05, 0) is 101 Å². The van der Waals surface area contributed by atoms with Gasteiger partial charge in [-0.25, -0.2) is 9.18 Å². The first-order valence-corrected chi connectivity index (χ1v) is 13.6. The fourth-order valence-corrected chi connectivity index (χ4v) is 4.48. The van der Waals surface area contributed by atoms with Gasteiger partial charge in [0.05, 0.1) is 23.6 Å². The molecule has 0 N–H and O–H groups in total. The Morgan fingerprint density at radius 3 is 2.00 bits per heavy atom. The summed E-state index contributed by atoms with van der Waals surface area (Å²) in [5.74, 6) is -1.18. The van der Waals surface area contributed by atoms with Gasteiger partial charge in [-0.15, -0.1) is 0 Å². The lowest BCUT2D eigenvalue weighted by Crippen LogP contribution is -2.42. The van der Waals surface area contributed by atoms with E-state index in [-0.39, 0.29) is 29.0 Å². The van der Waals surface area contributed by atoms with Gasteiger partial charge >= 0.3 is 18.4 Å². The minimum atomic E-state index is -5.01. The Kier molecular flexibility index (Phi) is 11.6. The summed E-state index contributed by atoms with van der Waals surface area (Å²) in [6, 6.07) is 4.77. The largest absolute Gasteiger partial charge is 0.444 e. The number of alkyl halides is 6. The minimum Gasteiger partial charge on any atom is -0.444 e. The Bertz CT molecular complexity index is 1240. The molecule has 1 aliphatic heterocycles. The van der Waals surface area contributed by atoms with Crippen LogP contribution < -0.4 is 0 Å². The number of amides is 2. The summed E-state index contributed by atoms with van der Waals surface area (Å²) in [6.07, 6.45) is -9.21. The van der Waals surface area contributed by atoms with Crippen molar-refractivity contribution in [2.45, 2.75) is 90.7 Å². The number of halogens is 8. The summed E-state index contributed by atoms with van der Waals surface area (Å²) in [5, 5.41) is -0.243. The number of ether oxygens (including phenoxy) is 1. The summed E-state index contributed by atoms with van der Waals surface area (Å²) < 4.78 is 108. The molecule has 0 aliphatic carbocycles. The van der Waals surface area contributed by atoms with Crippen LogP contribution in [0.5, 0.6) is 0 Å². The van der Waals surface area contributed by atoms with Crippen LogP contribution in [0.25, 0.3) is 0 Å². The monoisotopic (exact) mass is 624 g/mol. The van der Waals surface area contributed by atoms with Gasteiger partial charge in [0.15, 0.2) is 0 Å². The zero-order valence-electron chi connectivity index (χ0n) is 24.8. The van der Waals surface area contributed by atoms with Gasteiger partial charge in [0, 0.05) is 19.0 Å². The smallest absolute Gasteiger partial charge is 0.416 e. The lowest BCUT2D eigenvalue weighted by atomic mass is 9.88. The fraction of sp³-hybridized carbons (Fsp3) is 0.533. The molecule has 2 aromatic carbocycles. The third-order valence-corrected chi connectivity index (χ3v) is 6.44. The molecule has 2 amide bonds. The first kappa shape index (κ1) is 35.8. The van der Waals surface area contributed by atoms with Crippen molar-refractivity contribution < 1.29 is 49.5 Å². The highest BCUT2D eigenvalue weighted by molar-refractivity contribution is 5.78. The third kappa shape index (κ3) is 11.0. The normalized spacial score (nSPS) is 16.0. The van der Waals surface area contributed by atoms with E-state index in [2.05, 4.69) is 0 Å². The molecular weight excluding hydrogens is 588 g/mol. The first-order chi connectivity index (χ1) is 19.6. The maximum atomic E-state index is 13.3. The molecule has 43 heavy (non-hydrogen) atoms. The molecule has 0 radical (unpaired) electrons. The number of benzene rings is 2. The van der Waals surface area contributed by atoms with Crippen molar-refractivity contribution in [3.63, 3.8) is 0 Å². The second kappa shape index (κ2) is 13.9. The van der Waals surface area contributed by atoms with Crippen molar-refractivity contribution in [2.75, 3.05) is 13.1 Å². The molecule has 13 heteroatoms. The van der Waals surface area contributed by atoms with Crippen molar-refractivity contribution in [1.29, 1.82) is 0 Å². The number of carbonyl (C=O) groups is 2. The number of piperidine rings is 1. The standard InChI is InChI=1S/C17H24FNO2.C13H12F7NO/c1-12-10-14(18)7-8-15(12)13-6-5-9-19(11-13)16(20)21-17(2,3)4;1-7(2)21(20)11(22)5-8-3-9(12(14,15)16)6-10(4-8)13(17,18)19/h7-8,10,13H,5-6,9,11H2,1-4H3;3-4,6-7H,5H2,1-2H3/t13-;/m1./s1. The molecule has 1 fully saturated rings. The molecule has 0 bridgehead atoms. The maximum Gasteiger partial charge on any atom is 0.416 e. The molecule has 1 atom stereocenters. The lowest BCUT2D eigenvalue weighted by molar-refractivity contribution is -0.150. The molecule has 0 aromatic heterocycles. The van der Waals surface area contributed by atoms with E-state index in [4.69, 9.17) is 4.74 Å². The summed E-state index contributed by atoms with van der Waals surface area (Å²) in [6.45, 7) is 11.5. The molecule has 1 saturated heterocycles. The van der Waals surface area contributed by atoms with E-state index < -0.39 is 53.0 Å². The number of hydrogen-bond donors (Lipinski definition) is 0. The molecular formula is C30H36F8N2O3. The average Bonchev–Trinajstić information content (AvgIpc) is 2.86. The molecule has 1 heterocycles. The summed E-state index contributed by atoms with van der Waals surface area (Å²) in [4.78, 5) is 25.4. The van der Waals surface area contributed by atoms with Crippen molar-refractivity contribution in [3.05, 3.63) is 70.0 Å². The number of hydrogen-bond acceptors (Lipinski definition) is 3. The maximum absolute atomic E-state index is 13.3. The highest BCUT2D eigenvalue weighted by Crippen LogP contribution is 2.36. The molecule has 3 rings (SSSR count). The Labute approximate surface area is 245 Å². The molecule has 0 saturated carbocycles. The van der Waals surface area contributed by atoms with Crippen molar-refractivity contribution in [2.24, 2.45) is 0 Å². The Balaban J connectivity index is 0.000000300. The zero-order chi connectivity index (χ0) is 32.9. The second-order valence-electron chi connectivity index (χ2n) is 11.7. The van der Waals surface area contributed by atoms with Crippen molar-refractivity contribution in [3.8, 4) is 0 Å². The first-order valence-electron chi connectivity index (χ1n) is 13.6. The number of likely N-dealkylation sites (tertiary alicyclic amines) is 1. The van der Waals surface area contributed by atoms with Crippen molar-refractivity contribution >= 4 is 12.0 Å². The van der Waals surface area contributed by atoms with Gasteiger partial charge < -0.3 is 9.64 Å². The SMILES string of the molecule is CC(C)N(F)C(=O)Cc1cc(C(F)(F)F)cc(C(F)(F)F)c1.Cc1cc(F)ccc1[C@@H]1CCCN(C(=O)OC(C)(C)C)C1. The molecule has 240 valence electrons. The van der Waals surface area contributed by atoms with Gasteiger partial charge in [0.25, 0.3) is 5.91 Å². The van der Waals surface area contributed by atoms with E-state index >= 15 is 0 Å². The topological polar surface area (TPSA) is 49.9 Å². The summed E-state index contributed by atoms with van der Waals surface area (Å²) in [5.41, 5.74) is -2.04. The Morgan fingerprint density at radius 2 is 1.53 bits per heavy atom. The molecule has 0 unspecified atom stereocenters. The minimum absolute atomic E-state index is 0.0519. The van der Waals surface area contributed by atoms with Crippen LogP contribution >= 0.6 is 0 Å². The Morgan fingerprint density at radius 1 is 0.977 bits per heavy atom.